The first-order valence-electron chi connectivity index (χ1n) is 10.1. The predicted octanol–water partition coefficient (Wildman–Crippen LogP) is 4.61. The first kappa shape index (κ1) is 19.4. The van der Waals surface area contributed by atoms with Crippen molar-refractivity contribution in [2.45, 2.75) is 6.92 Å². The van der Waals surface area contributed by atoms with Crippen LogP contribution in [0.5, 0.6) is 0 Å². The largest absolute Gasteiger partial charge is 0.383 e. The summed E-state index contributed by atoms with van der Waals surface area (Å²) in [6.45, 7) is 1.99. The van der Waals surface area contributed by atoms with Crippen LogP contribution in [0.15, 0.2) is 84.0 Å². The molecule has 7 heteroatoms. The molecule has 0 aliphatic rings. The van der Waals surface area contributed by atoms with Gasteiger partial charge in [-0.05, 0) is 36.8 Å². The molecule has 0 radical (unpaired) electrons. The minimum Gasteiger partial charge on any atom is -0.383 e. The lowest BCUT2D eigenvalue weighted by Gasteiger charge is -2.06. The Labute approximate surface area is 184 Å². The van der Waals surface area contributed by atoms with E-state index in [0.29, 0.717) is 27.9 Å². The Hall–Kier alpha value is -4.52. The molecule has 0 unspecified atom stereocenters. The lowest BCUT2D eigenvalue weighted by atomic mass is 10.2. The third-order valence-corrected chi connectivity index (χ3v) is 5.13. The van der Waals surface area contributed by atoms with E-state index < -0.39 is 0 Å². The third-order valence-electron chi connectivity index (χ3n) is 5.13. The van der Waals surface area contributed by atoms with Crippen molar-refractivity contribution in [1.29, 1.82) is 0 Å². The maximum Gasteiger partial charge on any atom is 0.261 e. The topological polar surface area (TPSA) is 98.2 Å². The summed E-state index contributed by atoms with van der Waals surface area (Å²) < 4.78 is 1.46. The van der Waals surface area contributed by atoms with Crippen LogP contribution in [0, 0.1) is 6.92 Å². The van der Waals surface area contributed by atoms with Gasteiger partial charge in [-0.25, -0.2) is 9.97 Å². The number of hydrogen-bond donors (Lipinski definition) is 2. The molecule has 0 saturated heterocycles. The van der Waals surface area contributed by atoms with E-state index >= 15 is 0 Å². The average Bonchev–Trinajstić information content (AvgIpc) is 3.08. The number of nitrogens with zero attached hydrogens (tertiary/aromatic N) is 4. The Bertz CT molecular complexity index is 1470. The number of nitrogens with two attached hydrogens (primary N) is 1. The van der Waals surface area contributed by atoms with Crippen LogP contribution in [0.4, 0.5) is 11.5 Å². The number of carbonyl (C=O) groups is 1. The Morgan fingerprint density at radius 3 is 2.31 bits per heavy atom. The Morgan fingerprint density at radius 1 is 0.938 bits per heavy atom. The Morgan fingerprint density at radius 2 is 1.59 bits per heavy atom. The normalized spacial score (nSPS) is 11.4. The number of nitrogen functional groups attached to an aromatic ring is 1. The van der Waals surface area contributed by atoms with E-state index in [2.05, 4.69) is 10.4 Å². The number of nitrogens with one attached hydrogen (secondary N) is 1. The summed E-state index contributed by atoms with van der Waals surface area (Å²) in [5.41, 5.74) is 11.5. The second kappa shape index (κ2) is 7.96. The van der Waals surface area contributed by atoms with Gasteiger partial charge in [0.15, 0.2) is 5.65 Å². The molecule has 32 heavy (non-hydrogen) atoms. The minimum absolute atomic E-state index is 0.173. The number of anilines is 2. The molecule has 0 bridgehead atoms. The number of benzene rings is 3. The SMILES string of the molecule is Cc1ccc(NC(=O)c2c(N)n(/N=C/c3ccccc3)c3nc4ccccc4nc23)cc1. The molecule has 0 aliphatic heterocycles. The van der Waals surface area contributed by atoms with E-state index in [-0.39, 0.29) is 17.3 Å². The molecule has 7 nitrogen and oxygen atoms in total. The van der Waals surface area contributed by atoms with Crippen LogP contribution in [0.3, 0.4) is 0 Å². The smallest absolute Gasteiger partial charge is 0.261 e. The monoisotopic (exact) mass is 420 g/mol. The Balaban J connectivity index is 1.66. The van der Waals surface area contributed by atoms with Gasteiger partial charge >= 0.3 is 0 Å². The summed E-state index contributed by atoms with van der Waals surface area (Å²) in [6.07, 6.45) is 1.67. The quantitative estimate of drug-likeness (QED) is 0.415. The van der Waals surface area contributed by atoms with Crippen LogP contribution in [0.25, 0.3) is 22.2 Å². The fourth-order valence-electron chi connectivity index (χ4n) is 3.48. The zero-order valence-electron chi connectivity index (χ0n) is 17.4. The zero-order valence-corrected chi connectivity index (χ0v) is 17.4. The molecule has 0 spiro atoms. The first-order chi connectivity index (χ1) is 15.6. The number of aromatic nitrogens is 3. The maximum absolute atomic E-state index is 13.2. The van der Waals surface area contributed by atoms with Crippen molar-refractivity contribution in [2.75, 3.05) is 11.1 Å². The fourth-order valence-corrected chi connectivity index (χ4v) is 3.48. The van der Waals surface area contributed by atoms with E-state index in [1.54, 1.807) is 6.21 Å². The summed E-state index contributed by atoms with van der Waals surface area (Å²) in [6, 6.07) is 24.7. The number of fused-ring (bicyclic) bond motifs is 2. The van der Waals surface area contributed by atoms with Crippen LogP contribution in [-0.4, -0.2) is 26.8 Å². The van der Waals surface area contributed by atoms with Crippen molar-refractivity contribution < 1.29 is 4.79 Å². The summed E-state index contributed by atoms with van der Waals surface area (Å²) in [5.74, 6) is -0.193. The van der Waals surface area contributed by atoms with Gasteiger partial charge in [0.25, 0.3) is 5.91 Å². The third kappa shape index (κ3) is 3.56. The lowest BCUT2D eigenvalue weighted by molar-refractivity contribution is 0.102. The standard InChI is InChI=1S/C25H20N6O/c1-16-11-13-18(14-12-16)28-25(32)21-22-24(30-20-10-6-5-9-19(20)29-22)31(23(21)26)27-15-17-7-3-2-4-8-17/h2-15H,26H2,1H3,(H,28,32)/b27-15+. The van der Waals surface area contributed by atoms with Crippen molar-refractivity contribution in [3.05, 3.63) is 95.6 Å². The molecule has 5 rings (SSSR count). The molecule has 3 aromatic carbocycles. The zero-order chi connectivity index (χ0) is 22.1. The maximum atomic E-state index is 13.2. The highest BCUT2D eigenvalue weighted by atomic mass is 16.1. The summed E-state index contributed by atoms with van der Waals surface area (Å²) in [5, 5.41) is 7.42. The van der Waals surface area contributed by atoms with E-state index in [9.17, 15) is 4.79 Å². The highest BCUT2D eigenvalue weighted by Crippen LogP contribution is 2.28. The van der Waals surface area contributed by atoms with Gasteiger partial charge in [0, 0.05) is 5.69 Å². The van der Waals surface area contributed by atoms with Gasteiger partial charge in [-0.1, -0.05) is 60.2 Å². The molecule has 156 valence electrons. The van der Waals surface area contributed by atoms with E-state index in [4.69, 9.17) is 15.7 Å². The van der Waals surface area contributed by atoms with E-state index in [1.807, 2.05) is 85.8 Å². The molecular formula is C25H20N6O. The van der Waals surface area contributed by atoms with Crippen LogP contribution >= 0.6 is 0 Å². The highest BCUT2D eigenvalue weighted by Gasteiger charge is 2.24. The number of para-hydroxylation sites is 2. The number of hydrogen-bond acceptors (Lipinski definition) is 5. The molecule has 0 aliphatic carbocycles. The fraction of sp³-hybridized carbons (Fsp3) is 0.0400. The number of carbonyl (C=O) groups excluding carboxylic acids is 1. The van der Waals surface area contributed by atoms with Crippen molar-refractivity contribution in [3.63, 3.8) is 0 Å². The van der Waals surface area contributed by atoms with E-state index in [0.717, 1.165) is 11.1 Å². The van der Waals surface area contributed by atoms with Crippen molar-refractivity contribution in [1.82, 2.24) is 14.6 Å². The van der Waals surface area contributed by atoms with Gasteiger partial charge in [0.1, 0.15) is 16.9 Å². The second-order valence-corrected chi connectivity index (χ2v) is 7.43. The average molecular weight is 420 g/mol. The van der Waals surface area contributed by atoms with E-state index in [1.165, 1.54) is 4.68 Å². The van der Waals surface area contributed by atoms with Crippen LogP contribution < -0.4 is 11.1 Å². The molecule has 2 aromatic heterocycles. The molecular weight excluding hydrogens is 400 g/mol. The lowest BCUT2D eigenvalue weighted by Crippen LogP contribution is -2.14. The van der Waals surface area contributed by atoms with Crippen molar-refractivity contribution in [3.8, 4) is 0 Å². The van der Waals surface area contributed by atoms with Crippen LogP contribution in [0.2, 0.25) is 0 Å². The molecule has 0 atom stereocenters. The van der Waals surface area contributed by atoms with Gasteiger partial charge in [0.05, 0.1) is 17.2 Å². The number of rotatable bonds is 4. The number of aryl methyl sites for hydroxylation is 1. The molecule has 0 saturated carbocycles. The molecule has 0 fully saturated rings. The second-order valence-electron chi connectivity index (χ2n) is 7.43. The highest BCUT2D eigenvalue weighted by molar-refractivity contribution is 6.16. The summed E-state index contributed by atoms with van der Waals surface area (Å²) in [7, 11) is 0. The van der Waals surface area contributed by atoms with Gasteiger partial charge in [0.2, 0.25) is 0 Å². The predicted molar refractivity (Wildman–Crippen MR) is 128 cm³/mol. The van der Waals surface area contributed by atoms with Crippen LogP contribution in [0.1, 0.15) is 21.5 Å². The molecule has 3 N–H and O–H groups in total. The molecule has 1 amide bonds. The van der Waals surface area contributed by atoms with Gasteiger partial charge in [-0.2, -0.15) is 9.78 Å². The Kier molecular flexibility index (Phi) is 4.84. The van der Waals surface area contributed by atoms with Crippen molar-refractivity contribution in [2.24, 2.45) is 5.10 Å². The summed E-state index contributed by atoms with van der Waals surface area (Å²) >= 11 is 0. The molecule has 2 heterocycles. The van der Waals surface area contributed by atoms with Crippen LogP contribution in [-0.2, 0) is 0 Å². The minimum atomic E-state index is -0.366. The first-order valence-corrected chi connectivity index (χ1v) is 10.1. The molecule has 5 aromatic rings. The van der Waals surface area contributed by atoms with Gasteiger partial charge in [-0.3, -0.25) is 4.79 Å². The van der Waals surface area contributed by atoms with Gasteiger partial charge < -0.3 is 11.1 Å². The summed E-state index contributed by atoms with van der Waals surface area (Å²) in [4.78, 5) is 22.6. The van der Waals surface area contributed by atoms with Gasteiger partial charge in [-0.15, -0.1) is 0 Å². The number of amides is 1. The van der Waals surface area contributed by atoms with Crippen molar-refractivity contribution >= 4 is 45.8 Å².